The lowest BCUT2D eigenvalue weighted by molar-refractivity contribution is -0.115. The van der Waals surface area contributed by atoms with E-state index in [2.05, 4.69) is 10.6 Å². The number of nitrogens with one attached hydrogen (secondary N) is 2. The van der Waals surface area contributed by atoms with E-state index < -0.39 is 0 Å². The summed E-state index contributed by atoms with van der Waals surface area (Å²) in [6.45, 7) is 12.3. The average Bonchev–Trinajstić information content (AvgIpc) is 2.28. The Morgan fingerprint density at radius 2 is 1.95 bits per heavy atom. The molecule has 1 aromatic carbocycles. The summed E-state index contributed by atoms with van der Waals surface area (Å²) in [4.78, 5) is 11.9. The third kappa shape index (κ3) is 6.06. The second-order valence-corrected chi connectivity index (χ2v) is 6.30. The lowest BCUT2D eigenvalue weighted by Gasteiger charge is -2.20. The Balaban J connectivity index is 2.62. The van der Waals surface area contributed by atoms with Gasteiger partial charge in [-0.3, -0.25) is 4.79 Å². The normalized spacial score (nSPS) is 11.6. The van der Waals surface area contributed by atoms with E-state index in [4.69, 9.17) is 4.74 Å². The Morgan fingerprint density at radius 1 is 1.30 bits per heavy atom. The molecule has 1 aromatic rings. The number of carbonyl (C=O) groups excluding carboxylic acids is 1. The van der Waals surface area contributed by atoms with Crippen LogP contribution in [0.1, 0.15) is 40.2 Å². The van der Waals surface area contributed by atoms with Crippen LogP contribution in [0, 0.1) is 6.92 Å². The Labute approximate surface area is 121 Å². The zero-order valence-corrected chi connectivity index (χ0v) is 13.3. The van der Waals surface area contributed by atoms with Gasteiger partial charge in [0.05, 0.1) is 12.6 Å². The molecule has 0 heterocycles. The van der Waals surface area contributed by atoms with E-state index in [9.17, 15) is 4.79 Å². The number of benzene rings is 1. The zero-order valence-electron chi connectivity index (χ0n) is 13.3. The van der Waals surface area contributed by atoms with Crippen LogP contribution in [-0.4, -0.2) is 24.1 Å². The van der Waals surface area contributed by atoms with E-state index in [0.717, 1.165) is 17.0 Å². The van der Waals surface area contributed by atoms with E-state index >= 15 is 0 Å². The van der Waals surface area contributed by atoms with Crippen molar-refractivity contribution >= 4 is 11.6 Å². The number of hydrogen-bond donors (Lipinski definition) is 2. The van der Waals surface area contributed by atoms with Crippen molar-refractivity contribution in [3.8, 4) is 5.75 Å². The summed E-state index contributed by atoms with van der Waals surface area (Å²) in [5.74, 6) is 0.781. The SMILES string of the molecule is Cc1cc(OC(C)C)ccc1NC(=O)CNC(C)(C)C. The number of hydrogen-bond acceptors (Lipinski definition) is 3. The molecule has 0 unspecified atom stereocenters. The van der Waals surface area contributed by atoms with E-state index in [0.29, 0.717) is 6.54 Å². The third-order valence-electron chi connectivity index (χ3n) is 2.62. The highest BCUT2D eigenvalue weighted by atomic mass is 16.5. The van der Waals surface area contributed by atoms with Crippen LogP contribution in [0.4, 0.5) is 5.69 Å². The molecule has 4 heteroatoms. The molecule has 1 rings (SSSR count). The highest BCUT2D eigenvalue weighted by molar-refractivity contribution is 5.93. The van der Waals surface area contributed by atoms with Crippen LogP contribution in [0.25, 0.3) is 0 Å². The molecule has 112 valence electrons. The van der Waals surface area contributed by atoms with Gasteiger partial charge in [-0.25, -0.2) is 0 Å². The topological polar surface area (TPSA) is 50.4 Å². The fourth-order valence-corrected chi connectivity index (χ4v) is 1.66. The van der Waals surface area contributed by atoms with Gasteiger partial charge in [-0.2, -0.15) is 0 Å². The first-order chi connectivity index (χ1) is 9.17. The van der Waals surface area contributed by atoms with Crippen molar-refractivity contribution in [1.82, 2.24) is 5.32 Å². The van der Waals surface area contributed by atoms with Gasteiger partial charge in [0, 0.05) is 11.2 Å². The Bertz CT molecular complexity index is 462. The highest BCUT2D eigenvalue weighted by Crippen LogP contribution is 2.22. The third-order valence-corrected chi connectivity index (χ3v) is 2.62. The van der Waals surface area contributed by atoms with Crippen molar-refractivity contribution < 1.29 is 9.53 Å². The summed E-state index contributed by atoms with van der Waals surface area (Å²) in [5, 5.41) is 6.07. The van der Waals surface area contributed by atoms with Crippen LogP contribution in [-0.2, 0) is 4.79 Å². The van der Waals surface area contributed by atoms with E-state index in [1.165, 1.54) is 0 Å². The van der Waals surface area contributed by atoms with Crippen molar-refractivity contribution in [2.24, 2.45) is 0 Å². The molecule has 2 N–H and O–H groups in total. The molecule has 1 amide bonds. The fourth-order valence-electron chi connectivity index (χ4n) is 1.66. The van der Waals surface area contributed by atoms with Crippen LogP contribution < -0.4 is 15.4 Å². The smallest absolute Gasteiger partial charge is 0.238 e. The summed E-state index contributed by atoms with van der Waals surface area (Å²) in [6.07, 6.45) is 0.144. The minimum absolute atomic E-state index is 0.0412. The summed E-state index contributed by atoms with van der Waals surface area (Å²) in [6, 6.07) is 5.69. The first kappa shape index (κ1) is 16.5. The number of aryl methyl sites for hydroxylation is 1. The van der Waals surface area contributed by atoms with E-state index in [1.807, 2.05) is 59.7 Å². The molecule has 0 saturated heterocycles. The van der Waals surface area contributed by atoms with E-state index in [1.54, 1.807) is 0 Å². The first-order valence-electron chi connectivity index (χ1n) is 6.99. The van der Waals surface area contributed by atoms with Crippen molar-refractivity contribution in [3.05, 3.63) is 23.8 Å². The van der Waals surface area contributed by atoms with Crippen molar-refractivity contribution in [2.75, 3.05) is 11.9 Å². The standard InChI is InChI=1S/C16H26N2O2/c1-11(2)20-13-7-8-14(12(3)9-13)18-15(19)10-17-16(4,5)6/h7-9,11,17H,10H2,1-6H3,(H,18,19). The second-order valence-electron chi connectivity index (χ2n) is 6.30. The molecule has 0 aliphatic carbocycles. The minimum atomic E-state index is -0.0681. The second kappa shape index (κ2) is 6.75. The zero-order chi connectivity index (χ0) is 15.3. The quantitative estimate of drug-likeness (QED) is 0.870. The molecular weight excluding hydrogens is 252 g/mol. The molecule has 0 aromatic heterocycles. The first-order valence-corrected chi connectivity index (χ1v) is 6.99. The summed E-state index contributed by atoms with van der Waals surface area (Å²) in [5.41, 5.74) is 1.75. The molecule has 0 atom stereocenters. The van der Waals surface area contributed by atoms with Crippen LogP contribution in [0.2, 0.25) is 0 Å². The monoisotopic (exact) mass is 278 g/mol. The van der Waals surface area contributed by atoms with Gasteiger partial charge in [-0.05, 0) is 65.3 Å². The van der Waals surface area contributed by atoms with Gasteiger partial charge in [0.25, 0.3) is 0 Å². The van der Waals surface area contributed by atoms with Gasteiger partial charge < -0.3 is 15.4 Å². The van der Waals surface area contributed by atoms with Crippen LogP contribution in [0.3, 0.4) is 0 Å². The number of carbonyl (C=O) groups is 1. The Morgan fingerprint density at radius 3 is 2.45 bits per heavy atom. The lowest BCUT2D eigenvalue weighted by Crippen LogP contribution is -2.41. The summed E-state index contributed by atoms with van der Waals surface area (Å²) < 4.78 is 5.62. The van der Waals surface area contributed by atoms with Crippen LogP contribution in [0.5, 0.6) is 5.75 Å². The number of amides is 1. The van der Waals surface area contributed by atoms with Crippen LogP contribution in [0.15, 0.2) is 18.2 Å². The van der Waals surface area contributed by atoms with Gasteiger partial charge in [0.1, 0.15) is 5.75 Å². The van der Waals surface area contributed by atoms with Crippen molar-refractivity contribution in [2.45, 2.75) is 53.2 Å². The molecular formula is C16H26N2O2. The number of ether oxygens (including phenoxy) is 1. The average molecular weight is 278 g/mol. The number of rotatable bonds is 5. The predicted octanol–water partition coefficient (Wildman–Crippen LogP) is 3.11. The predicted molar refractivity (Wildman–Crippen MR) is 83.3 cm³/mol. The molecule has 20 heavy (non-hydrogen) atoms. The Hall–Kier alpha value is -1.55. The van der Waals surface area contributed by atoms with Crippen molar-refractivity contribution in [3.63, 3.8) is 0 Å². The number of anilines is 1. The van der Waals surface area contributed by atoms with E-state index in [-0.39, 0.29) is 17.6 Å². The maximum atomic E-state index is 11.9. The molecule has 0 bridgehead atoms. The fraction of sp³-hybridized carbons (Fsp3) is 0.562. The molecule has 0 aliphatic heterocycles. The summed E-state index contributed by atoms with van der Waals surface area (Å²) >= 11 is 0. The lowest BCUT2D eigenvalue weighted by atomic mass is 10.1. The van der Waals surface area contributed by atoms with Gasteiger partial charge >= 0.3 is 0 Å². The molecule has 0 fully saturated rings. The molecule has 0 aliphatic rings. The maximum Gasteiger partial charge on any atom is 0.238 e. The minimum Gasteiger partial charge on any atom is -0.491 e. The molecule has 4 nitrogen and oxygen atoms in total. The maximum absolute atomic E-state index is 11.9. The highest BCUT2D eigenvalue weighted by Gasteiger charge is 2.12. The van der Waals surface area contributed by atoms with Crippen LogP contribution >= 0.6 is 0 Å². The van der Waals surface area contributed by atoms with Gasteiger partial charge in [-0.1, -0.05) is 0 Å². The van der Waals surface area contributed by atoms with Gasteiger partial charge in [-0.15, -0.1) is 0 Å². The Kier molecular flexibility index (Phi) is 5.57. The molecule has 0 spiro atoms. The van der Waals surface area contributed by atoms with Gasteiger partial charge in [0.15, 0.2) is 0 Å². The van der Waals surface area contributed by atoms with Gasteiger partial charge in [0.2, 0.25) is 5.91 Å². The largest absolute Gasteiger partial charge is 0.491 e. The summed E-state index contributed by atoms with van der Waals surface area (Å²) in [7, 11) is 0. The van der Waals surface area contributed by atoms with Crippen molar-refractivity contribution in [1.29, 1.82) is 0 Å². The molecule has 0 radical (unpaired) electrons. The molecule has 0 saturated carbocycles.